The van der Waals surface area contributed by atoms with Crippen molar-refractivity contribution in [1.82, 2.24) is 0 Å². The van der Waals surface area contributed by atoms with Gasteiger partial charge in [0.2, 0.25) is 0 Å². The molecular formula is C67H147BN4O39P2S. The Balaban J connectivity index is -0.0000000889. The van der Waals surface area contributed by atoms with E-state index in [4.69, 9.17) is 84.7 Å². The van der Waals surface area contributed by atoms with Gasteiger partial charge in [-0.25, -0.2) is 27.9 Å². The average Bonchev–Trinajstić information content (AvgIpc) is 0.909. The highest BCUT2D eigenvalue weighted by molar-refractivity contribution is 7.80. The van der Waals surface area contributed by atoms with Crippen molar-refractivity contribution in [3.8, 4) is 0 Å². The number of phosphoric ester groups is 2. The van der Waals surface area contributed by atoms with E-state index in [0.717, 1.165) is 19.3 Å². The molecule has 0 spiro atoms. The SMILES string of the molecule is CC(=O)OC(C)C.CC(C)OB(O)O.CC(C)OC(=N)N.CC(C)OC(=O)CCC(=O)O.CC(C)OC(=O)CCCCCO.CC(C)OC(CC(=O)O)C(=O)O.CC(C)OC(N)=O.CC(C)OCC(=O)O.CC(C)OP(=O)(O)O.CC(C)OP(=O)([O-])OCC[N+](C)(C)C.CC(C)OS(=O)(=O)O.COC(=O)OC(C)C.COC(C)C. The summed E-state index contributed by atoms with van der Waals surface area (Å²) in [6, 6.07) is -0.213. The molecule has 15 N–H and O–H groups in total. The largest absolute Gasteiger partial charge is 0.756 e. The second-order valence-electron chi connectivity index (χ2n) is 26.6. The monoisotopic (exact) mass is 1740 g/mol. The zero-order valence-electron chi connectivity index (χ0n) is 73.2. The third-order valence-electron chi connectivity index (χ3n) is 8.42. The molecule has 0 aromatic carbocycles. The van der Waals surface area contributed by atoms with Crippen LogP contribution < -0.4 is 16.4 Å². The van der Waals surface area contributed by atoms with Gasteiger partial charge in [0.25, 0.3) is 13.8 Å². The molecule has 688 valence electrons. The highest BCUT2D eigenvalue weighted by Crippen LogP contribution is 2.39. The number of aliphatic hydroxyl groups excluding tert-OH is 1. The minimum atomic E-state index is -4.22. The second kappa shape index (κ2) is 84.8. The van der Waals surface area contributed by atoms with Gasteiger partial charge in [-0.2, -0.15) is 8.42 Å². The number of methoxy groups -OCH3 is 2. The summed E-state index contributed by atoms with van der Waals surface area (Å²) in [5, 5.41) is 64.2. The number of amides is 1. The number of likely N-dealkylation sites (N-methyl/N-ethyl adjacent to an activating group) is 1. The van der Waals surface area contributed by atoms with Crippen molar-refractivity contribution in [1.29, 1.82) is 5.41 Å². The van der Waals surface area contributed by atoms with Gasteiger partial charge in [0, 0.05) is 33.2 Å². The number of rotatable bonds is 35. The van der Waals surface area contributed by atoms with E-state index in [0.29, 0.717) is 23.6 Å². The second-order valence-corrected chi connectivity index (χ2v) is 30.2. The topological polar surface area (TPSA) is 662 Å². The summed E-state index contributed by atoms with van der Waals surface area (Å²) in [6.45, 7) is 47.3. The van der Waals surface area contributed by atoms with Crippen LogP contribution in [0.1, 0.15) is 232 Å². The molecule has 2 atom stereocenters. The molecule has 0 bridgehead atoms. The first-order valence-corrected chi connectivity index (χ1v) is 39.9. The molecule has 0 aliphatic carbocycles. The van der Waals surface area contributed by atoms with Crippen LogP contribution in [0.3, 0.4) is 0 Å². The van der Waals surface area contributed by atoms with Crippen LogP contribution in [0.25, 0.3) is 0 Å². The van der Waals surface area contributed by atoms with Gasteiger partial charge in [-0.3, -0.25) is 43.0 Å². The Morgan fingerprint density at radius 2 is 0.921 bits per heavy atom. The van der Waals surface area contributed by atoms with Crippen molar-refractivity contribution < 1.29 is 190 Å². The minimum absolute atomic E-state index is 0.00565. The number of carbonyl (C=O) groups excluding carboxylic acids is 5. The lowest BCUT2D eigenvalue weighted by atomic mass is 10.2. The van der Waals surface area contributed by atoms with Crippen LogP contribution in [-0.4, -0.2) is 277 Å². The summed E-state index contributed by atoms with van der Waals surface area (Å²) in [5.74, 6) is -5.13. The number of aliphatic hydroxyl groups is 1. The van der Waals surface area contributed by atoms with Crippen molar-refractivity contribution in [3.05, 3.63) is 0 Å². The van der Waals surface area contributed by atoms with E-state index in [1.165, 1.54) is 27.9 Å². The number of ether oxygens (including phenoxy) is 10. The van der Waals surface area contributed by atoms with Crippen molar-refractivity contribution in [2.45, 2.75) is 317 Å². The first kappa shape index (κ1) is 137. The summed E-state index contributed by atoms with van der Waals surface area (Å²) in [6.07, 6.45) is -2.00. The predicted molar refractivity (Wildman–Crippen MR) is 420 cm³/mol. The standard InChI is InChI=1S/C9H18O3.C8H20NO4P.C7H12O5.C7H12O4.2C5H10O3.C5H10O2.C4H10N2O.C4H9NO2.C4H10O.C3H9BO3.C3H9O4P.C3H8O4S/c1-8(2)12-9(11)6-4-3-5-7-10;1-8(2)13-14(10,11)12-7-6-9(3,4)5;1-4(2)12-5(7(10)11)3-6(8)9;1-5(2)11-7(10)4-3-6(8)9;1-4(2)8-5(6)7-3;1-4(2)8-3-5(6)7;1-4(2)7-5(3)6;2*1-3(2)7-4(5)6;1-4(2)5-3;1-3(2)7-4(5)6;2*1-3(2)7-8(4,5)6/h8,10H,3-7H2,1-2H3;8H,6-7H2,1-5H3;4-5H,3H2,1-2H3,(H,8,9)(H,10,11);5H,3-4H2,1-2H3,(H,8,9);4H,1-3H3;4H,3H2,1-2H3,(H,6,7);4H,1-3H3;3H,1-2H3,(H3,5,6);3H,1-2H3,(H2,5,6);4H,1-3H3;3,5-6H,1-2H3;3H,1-2H3,(H2,4,5,6);3H,1-2H3,(H,4,5,6). The van der Waals surface area contributed by atoms with Crippen molar-refractivity contribution in [2.24, 2.45) is 11.5 Å². The Labute approximate surface area is 676 Å². The molecule has 0 saturated heterocycles. The minimum Gasteiger partial charge on any atom is -0.756 e. The van der Waals surface area contributed by atoms with Gasteiger partial charge >= 0.3 is 79.6 Å². The zero-order valence-corrected chi connectivity index (χ0v) is 75.8. The lowest BCUT2D eigenvalue weighted by Crippen LogP contribution is -2.37. The molecule has 0 fully saturated rings. The number of nitrogens with zero attached hydrogens (tertiary/aromatic N) is 1. The van der Waals surface area contributed by atoms with E-state index >= 15 is 0 Å². The van der Waals surface area contributed by atoms with Crippen molar-refractivity contribution in [2.75, 3.05) is 61.7 Å². The van der Waals surface area contributed by atoms with Crippen LogP contribution in [0.15, 0.2) is 0 Å². The molecule has 0 saturated carbocycles. The van der Waals surface area contributed by atoms with E-state index in [-0.39, 0.29) is 112 Å². The predicted octanol–water partition coefficient (Wildman–Crippen LogP) is 7.80. The Kier molecular flexibility index (Phi) is 102. The molecule has 47 heteroatoms. The van der Waals surface area contributed by atoms with E-state index in [1.54, 1.807) is 118 Å². The molecule has 0 aliphatic heterocycles. The summed E-state index contributed by atoms with van der Waals surface area (Å²) in [4.78, 5) is 119. The molecule has 0 aromatic heterocycles. The maximum atomic E-state index is 11.1. The third kappa shape index (κ3) is 197. The number of carboxylic acid groups (broad SMARTS) is 4. The maximum Gasteiger partial charge on any atom is 0.634 e. The van der Waals surface area contributed by atoms with Gasteiger partial charge in [-0.05, 0) is 193 Å². The first-order chi connectivity index (χ1) is 51.1. The molecular weight excluding hydrogens is 1590 g/mol. The lowest BCUT2D eigenvalue weighted by Gasteiger charge is -2.28. The number of phosphoric acid groups is 2. The molecule has 43 nitrogen and oxygen atoms in total. The number of carboxylic acids is 4. The van der Waals surface area contributed by atoms with Crippen LogP contribution in [-0.2, 0) is 123 Å². The molecule has 0 aliphatic rings. The van der Waals surface area contributed by atoms with Crippen molar-refractivity contribution in [3.63, 3.8) is 0 Å². The number of carbonyl (C=O) groups is 9. The van der Waals surface area contributed by atoms with Gasteiger partial charge in [-0.15, -0.1) is 0 Å². The average molecular weight is 1740 g/mol. The molecule has 0 rings (SSSR count). The number of hydrogen-bond donors (Lipinski definition) is 13. The third-order valence-corrected chi connectivity index (χ3v) is 10.9. The van der Waals surface area contributed by atoms with Crippen LogP contribution in [0, 0.1) is 5.41 Å². The zero-order chi connectivity index (χ0) is 93.8. The summed E-state index contributed by atoms with van der Waals surface area (Å²) < 4.78 is 117. The van der Waals surface area contributed by atoms with Gasteiger partial charge in [0.05, 0.1) is 121 Å². The number of nitrogens with one attached hydrogen (secondary N) is 1. The number of unbranched alkanes of at least 4 members (excludes halogenated alkanes) is 2. The van der Waals surface area contributed by atoms with Gasteiger partial charge in [0.15, 0.2) is 6.10 Å². The fraction of sp³-hybridized carbons (Fsp3) is 0.851. The Morgan fingerprint density at radius 1 is 0.518 bits per heavy atom. The molecule has 0 heterocycles. The number of nitrogens with two attached hydrogens (primary N) is 2. The first-order valence-electron chi connectivity index (χ1n) is 35.6. The number of amidine groups is 1. The van der Waals surface area contributed by atoms with Gasteiger partial charge < -0.3 is 127 Å². The van der Waals surface area contributed by atoms with Crippen molar-refractivity contribution >= 4 is 93.4 Å². The summed E-state index contributed by atoms with van der Waals surface area (Å²) in [7, 11) is -5.30. The van der Waals surface area contributed by atoms with E-state index < -0.39 is 100 Å². The molecule has 2 unspecified atom stereocenters. The fourth-order valence-electron chi connectivity index (χ4n) is 4.86. The van der Waals surface area contributed by atoms with E-state index in [2.05, 4.69) is 51.8 Å². The van der Waals surface area contributed by atoms with Crippen LogP contribution in [0.2, 0.25) is 0 Å². The number of aliphatic carboxylic acids is 4. The highest BCUT2D eigenvalue weighted by atomic mass is 32.3. The Bertz CT molecular complexity index is 2540. The van der Waals surface area contributed by atoms with Gasteiger partial charge in [0.1, 0.15) is 19.8 Å². The fourth-order valence-corrected chi connectivity index (χ4v) is 6.78. The Morgan fingerprint density at radius 3 is 1.09 bits per heavy atom. The van der Waals surface area contributed by atoms with Crippen LogP contribution in [0.4, 0.5) is 9.59 Å². The van der Waals surface area contributed by atoms with Gasteiger partial charge in [-0.1, -0.05) is 6.42 Å². The van der Waals surface area contributed by atoms with E-state index in [9.17, 15) is 65.6 Å². The summed E-state index contributed by atoms with van der Waals surface area (Å²) in [5.41, 5.74) is 9.49. The van der Waals surface area contributed by atoms with Crippen LogP contribution in [0.5, 0.6) is 0 Å². The maximum absolute atomic E-state index is 11.1. The Hall–Kier alpha value is -6.07. The number of quaternary nitrogens is 1. The number of hydrogen-bond acceptors (Lipinski definition) is 33. The normalized spacial score (nSPS) is 11.3. The number of primary amides is 1. The van der Waals surface area contributed by atoms with E-state index in [1.807, 2.05) is 76.5 Å². The van der Waals surface area contributed by atoms with Crippen LogP contribution >= 0.6 is 15.6 Å². The molecule has 0 aromatic rings. The smallest absolute Gasteiger partial charge is 0.634 e. The lowest BCUT2D eigenvalue weighted by molar-refractivity contribution is -0.870. The highest BCUT2D eigenvalue weighted by Gasteiger charge is 2.23. The molecule has 0 radical (unpaired) electrons. The number of esters is 3. The molecule has 114 heavy (non-hydrogen) atoms. The molecule has 1 amide bonds. The quantitative estimate of drug-likeness (QED) is 0.00331. The summed E-state index contributed by atoms with van der Waals surface area (Å²) >= 11 is 0.